The Kier molecular flexibility index (Phi) is 6.14. The average molecular weight is 421 g/mol. The van der Waals surface area contributed by atoms with Gasteiger partial charge in [-0.3, -0.25) is 14.9 Å². The highest BCUT2D eigenvalue weighted by Crippen LogP contribution is 2.26. The molecule has 0 spiro atoms. The number of benzene rings is 1. The van der Waals surface area contributed by atoms with Crippen LogP contribution < -0.4 is 10.6 Å². The van der Waals surface area contributed by atoms with Gasteiger partial charge in [0.2, 0.25) is 11.0 Å². The molecule has 0 aliphatic heterocycles. The van der Waals surface area contributed by atoms with E-state index in [2.05, 4.69) is 30.4 Å². The van der Waals surface area contributed by atoms with E-state index in [1.165, 1.54) is 23.1 Å². The van der Waals surface area contributed by atoms with Gasteiger partial charge in [-0.25, -0.2) is 0 Å². The van der Waals surface area contributed by atoms with Crippen LogP contribution in [0.3, 0.4) is 0 Å². The predicted molar refractivity (Wildman–Crippen MR) is 108 cm³/mol. The van der Waals surface area contributed by atoms with Gasteiger partial charge in [0.05, 0.1) is 11.4 Å². The lowest BCUT2D eigenvalue weighted by atomic mass is 10.1. The number of carbonyl (C=O) groups is 2. The van der Waals surface area contributed by atoms with Gasteiger partial charge in [0.25, 0.3) is 5.91 Å². The fourth-order valence-corrected chi connectivity index (χ4v) is 4.21. The third kappa shape index (κ3) is 4.87. The number of aromatic nitrogens is 4. The molecule has 8 nitrogen and oxygen atoms in total. The van der Waals surface area contributed by atoms with E-state index in [0.29, 0.717) is 20.0 Å². The second kappa shape index (κ2) is 8.55. The molecular weight excluding hydrogens is 404 g/mol. The van der Waals surface area contributed by atoms with Gasteiger partial charge in [-0.1, -0.05) is 39.7 Å². The first-order valence-corrected chi connectivity index (χ1v) is 10.4. The van der Waals surface area contributed by atoms with Crippen molar-refractivity contribution >= 4 is 57.3 Å². The van der Waals surface area contributed by atoms with Crippen LogP contribution in [0.2, 0.25) is 0 Å². The van der Waals surface area contributed by atoms with E-state index in [-0.39, 0.29) is 17.6 Å². The van der Waals surface area contributed by atoms with Crippen molar-refractivity contribution in [3.63, 3.8) is 0 Å². The number of thioether (sulfide) groups is 1. The van der Waals surface area contributed by atoms with Crippen LogP contribution in [-0.4, -0.2) is 37.4 Å². The van der Waals surface area contributed by atoms with E-state index < -0.39 is 0 Å². The van der Waals surface area contributed by atoms with Crippen LogP contribution in [0.5, 0.6) is 0 Å². The van der Waals surface area contributed by atoms with Crippen molar-refractivity contribution in [2.24, 2.45) is 0 Å². The largest absolute Gasteiger partial charge is 0.325 e. The molecule has 0 aliphatic rings. The molecule has 0 aliphatic carbocycles. The Morgan fingerprint density at radius 3 is 2.67 bits per heavy atom. The monoisotopic (exact) mass is 420 g/mol. The van der Waals surface area contributed by atoms with Crippen molar-refractivity contribution in [2.45, 2.75) is 25.1 Å². The highest BCUT2D eigenvalue weighted by atomic mass is 32.2. The van der Waals surface area contributed by atoms with Gasteiger partial charge in [0.1, 0.15) is 4.88 Å². The molecule has 0 fully saturated rings. The molecule has 140 valence electrons. The van der Waals surface area contributed by atoms with Gasteiger partial charge in [-0.15, -0.1) is 15.3 Å². The van der Waals surface area contributed by atoms with Crippen LogP contribution in [0, 0.1) is 20.8 Å². The minimum Gasteiger partial charge on any atom is -0.325 e. The Labute approximate surface area is 168 Å². The molecule has 3 rings (SSSR count). The zero-order valence-electron chi connectivity index (χ0n) is 14.8. The highest BCUT2D eigenvalue weighted by Gasteiger charge is 2.16. The van der Waals surface area contributed by atoms with E-state index >= 15 is 0 Å². The molecule has 2 heterocycles. The molecule has 2 N–H and O–H groups in total. The van der Waals surface area contributed by atoms with Gasteiger partial charge in [0.15, 0.2) is 4.34 Å². The Bertz CT molecular complexity index is 984. The lowest BCUT2D eigenvalue weighted by molar-refractivity contribution is -0.113. The van der Waals surface area contributed by atoms with E-state index in [1.807, 2.05) is 32.0 Å². The zero-order chi connectivity index (χ0) is 19.4. The SMILES string of the molecule is Cc1cccc(NC(=O)CSc2nnc(NC(=O)c3snnc3C)s2)c1C. The molecule has 3 aromatic rings. The Hall–Kier alpha value is -2.37. The predicted octanol–water partition coefficient (Wildman–Crippen LogP) is 3.30. The number of hydrogen-bond acceptors (Lipinski definition) is 9. The molecule has 0 atom stereocenters. The summed E-state index contributed by atoms with van der Waals surface area (Å²) in [4.78, 5) is 24.7. The normalized spacial score (nSPS) is 10.6. The molecule has 2 aromatic heterocycles. The Balaban J connectivity index is 1.53. The Morgan fingerprint density at radius 1 is 1.11 bits per heavy atom. The van der Waals surface area contributed by atoms with Gasteiger partial charge < -0.3 is 5.32 Å². The number of aryl methyl sites for hydroxylation is 2. The van der Waals surface area contributed by atoms with Crippen LogP contribution in [0.4, 0.5) is 10.8 Å². The van der Waals surface area contributed by atoms with Crippen molar-refractivity contribution in [3.8, 4) is 0 Å². The summed E-state index contributed by atoms with van der Waals surface area (Å²) < 4.78 is 4.33. The van der Waals surface area contributed by atoms with Crippen molar-refractivity contribution in [1.82, 2.24) is 19.8 Å². The van der Waals surface area contributed by atoms with E-state index in [0.717, 1.165) is 28.3 Å². The standard InChI is InChI=1S/C16H16N6O2S3/c1-8-5-4-6-11(9(8)2)17-12(23)7-25-16-21-20-15(26-16)18-14(24)13-10(3)19-22-27-13/h4-6H,7H2,1-3H3,(H,17,23)(H,18,20,24). The Morgan fingerprint density at radius 2 is 1.93 bits per heavy atom. The number of amides is 2. The summed E-state index contributed by atoms with van der Waals surface area (Å²) in [6.07, 6.45) is 0. The first kappa shape index (κ1) is 19.4. The molecule has 2 amide bonds. The number of carbonyl (C=O) groups excluding carboxylic acids is 2. The zero-order valence-corrected chi connectivity index (χ0v) is 17.2. The van der Waals surface area contributed by atoms with Crippen molar-refractivity contribution in [2.75, 3.05) is 16.4 Å². The molecule has 11 heteroatoms. The molecular formula is C16H16N6O2S3. The molecule has 0 bridgehead atoms. The summed E-state index contributed by atoms with van der Waals surface area (Å²) in [5.41, 5.74) is 3.54. The molecule has 1 aromatic carbocycles. The second-order valence-corrected chi connectivity index (χ2v) is 8.55. The maximum atomic E-state index is 12.2. The van der Waals surface area contributed by atoms with E-state index in [4.69, 9.17) is 0 Å². The number of hydrogen-bond donors (Lipinski definition) is 2. The molecule has 27 heavy (non-hydrogen) atoms. The minimum absolute atomic E-state index is 0.124. The third-order valence-electron chi connectivity index (χ3n) is 3.69. The lowest BCUT2D eigenvalue weighted by Crippen LogP contribution is -2.15. The maximum absolute atomic E-state index is 12.2. The summed E-state index contributed by atoms with van der Waals surface area (Å²) in [6, 6.07) is 5.78. The summed E-state index contributed by atoms with van der Waals surface area (Å²) >= 11 is 3.50. The number of rotatable bonds is 6. The van der Waals surface area contributed by atoms with Crippen molar-refractivity contribution < 1.29 is 9.59 Å². The van der Waals surface area contributed by atoms with Gasteiger partial charge in [-0.2, -0.15) is 0 Å². The number of nitrogens with zero attached hydrogens (tertiary/aromatic N) is 4. The number of nitrogens with one attached hydrogen (secondary N) is 2. The van der Waals surface area contributed by atoms with Gasteiger partial charge in [0, 0.05) is 5.69 Å². The third-order valence-corrected chi connectivity index (χ3v) is 6.49. The fourth-order valence-electron chi connectivity index (χ4n) is 2.11. The summed E-state index contributed by atoms with van der Waals surface area (Å²) in [5.74, 6) is -0.239. The van der Waals surface area contributed by atoms with E-state index in [1.54, 1.807) is 6.92 Å². The number of anilines is 2. The van der Waals surface area contributed by atoms with Gasteiger partial charge in [-0.05, 0) is 49.5 Å². The maximum Gasteiger partial charge on any atom is 0.271 e. The van der Waals surface area contributed by atoms with Crippen LogP contribution in [0.25, 0.3) is 0 Å². The average Bonchev–Trinajstić information content (AvgIpc) is 3.26. The topological polar surface area (TPSA) is 110 Å². The fraction of sp³-hybridized carbons (Fsp3) is 0.250. The molecule has 0 saturated heterocycles. The molecule has 0 radical (unpaired) electrons. The van der Waals surface area contributed by atoms with Crippen molar-refractivity contribution in [1.29, 1.82) is 0 Å². The highest BCUT2D eigenvalue weighted by molar-refractivity contribution is 8.01. The first-order chi connectivity index (χ1) is 12.9. The minimum atomic E-state index is -0.317. The van der Waals surface area contributed by atoms with Crippen LogP contribution in [0.15, 0.2) is 22.5 Å². The smallest absolute Gasteiger partial charge is 0.271 e. The molecule has 0 unspecified atom stereocenters. The quantitative estimate of drug-likeness (QED) is 0.465. The van der Waals surface area contributed by atoms with Crippen LogP contribution >= 0.6 is 34.6 Å². The first-order valence-electron chi connectivity index (χ1n) is 7.86. The van der Waals surface area contributed by atoms with Crippen molar-refractivity contribution in [3.05, 3.63) is 39.9 Å². The van der Waals surface area contributed by atoms with Crippen LogP contribution in [-0.2, 0) is 4.79 Å². The lowest BCUT2D eigenvalue weighted by Gasteiger charge is -2.09. The molecule has 0 saturated carbocycles. The second-order valence-electron chi connectivity index (χ2n) is 5.60. The van der Waals surface area contributed by atoms with Gasteiger partial charge >= 0.3 is 0 Å². The summed E-state index contributed by atoms with van der Waals surface area (Å²) in [6.45, 7) is 5.69. The van der Waals surface area contributed by atoms with Crippen LogP contribution in [0.1, 0.15) is 26.5 Å². The summed E-state index contributed by atoms with van der Waals surface area (Å²) in [5, 5.41) is 17.7. The summed E-state index contributed by atoms with van der Waals surface area (Å²) in [7, 11) is 0. The van der Waals surface area contributed by atoms with E-state index in [9.17, 15) is 9.59 Å².